The molecule has 100 valence electrons. The van der Waals surface area contributed by atoms with E-state index in [0.29, 0.717) is 5.92 Å². The van der Waals surface area contributed by atoms with Crippen LogP contribution in [0.2, 0.25) is 0 Å². The maximum atomic E-state index is 5.25. The summed E-state index contributed by atoms with van der Waals surface area (Å²) in [5.74, 6) is 1.52. The number of methoxy groups -OCH3 is 1. The second kappa shape index (κ2) is 7.25. The summed E-state index contributed by atoms with van der Waals surface area (Å²) in [5, 5.41) is 0. The number of allylic oxidation sites excluding steroid dienone is 2. The van der Waals surface area contributed by atoms with Gasteiger partial charge >= 0.3 is 0 Å². The summed E-state index contributed by atoms with van der Waals surface area (Å²) < 4.78 is 5.25. The number of ether oxygens (including phenoxy) is 1. The van der Waals surface area contributed by atoms with Crippen LogP contribution in [0, 0.1) is 6.92 Å². The van der Waals surface area contributed by atoms with E-state index in [1.807, 2.05) is 0 Å². The van der Waals surface area contributed by atoms with E-state index in [9.17, 15) is 0 Å². The topological polar surface area (TPSA) is 9.23 Å². The predicted octanol–water partition coefficient (Wildman–Crippen LogP) is 5.24. The normalized spacial score (nSPS) is 13.5. The molecular formula is C17H26O. The Kier molecular flexibility index (Phi) is 5.97. The van der Waals surface area contributed by atoms with E-state index in [0.717, 1.165) is 12.2 Å². The van der Waals surface area contributed by atoms with Crippen molar-refractivity contribution in [2.45, 2.75) is 52.9 Å². The average Bonchev–Trinajstić information content (AvgIpc) is 2.35. The van der Waals surface area contributed by atoms with E-state index < -0.39 is 0 Å². The van der Waals surface area contributed by atoms with Crippen LogP contribution in [-0.4, -0.2) is 7.11 Å². The van der Waals surface area contributed by atoms with Crippen molar-refractivity contribution in [1.82, 2.24) is 0 Å². The fourth-order valence-electron chi connectivity index (χ4n) is 2.40. The Morgan fingerprint density at radius 3 is 2.67 bits per heavy atom. The van der Waals surface area contributed by atoms with Crippen molar-refractivity contribution in [1.29, 1.82) is 0 Å². The second-order valence-corrected chi connectivity index (χ2v) is 5.17. The third kappa shape index (κ3) is 4.21. The summed E-state index contributed by atoms with van der Waals surface area (Å²) in [6, 6.07) is 6.38. The van der Waals surface area contributed by atoms with Crippen LogP contribution in [0.15, 0.2) is 29.8 Å². The number of hydrogen-bond acceptors (Lipinski definition) is 1. The third-order valence-electron chi connectivity index (χ3n) is 3.42. The number of aryl methyl sites for hydroxylation is 1. The minimum atomic E-state index is 0.573. The van der Waals surface area contributed by atoms with Crippen LogP contribution in [-0.2, 0) is 0 Å². The highest BCUT2D eigenvalue weighted by Gasteiger charge is 2.09. The lowest BCUT2D eigenvalue weighted by molar-refractivity contribution is 0.414. The molecule has 0 spiro atoms. The largest absolute Gasteiger partial charge is 0.497 e. The van der Waals surface area contributed by atoms with Crippen LogP contribution in [0.1, 0.15) is 57.1 Å². The van der Waals surface area contributed by atoms with E-state index in [1.54, 1.807) is 7.11 Å². The molecule has 0 radical (unpaired) electrons. The predicted molar refractivity (Wildman–Crippen MR) is 79.4 cm³/mol. The van der Waals surface area contributed by atoms with Gasteiger partial charge in [-0.1, -0.05) is 38.0 Å². The minimum Gasteiger partial charge on any atom is -0.497 e. The smallest absolute Gasteiger partial charge is 0.119 e. The van der Waals surface area contributed by atoms with Gasteiger partial charge in [-0.05, 0) is 55.9 Å². The van der Waals surface area contributed by atoms with Gasteiger partial charge in [-0.15, -0.1) is 0 Å². The van der Waals surface area contributed by atoms with Gasteiger partial charge in [0.25, 0.3) is 0 Å². The second-order valence-electron chi connectivity index (χ2n) is 5.17. The van der Waals surface area contributed by atoms with Crippen LogP contribution in [0.4, 0.5) is 0 Å². The molecule has 1 aromatic carbocycles. The van der Waals surface area contributed by atoms with Gasteiger partial charge in [0.15, 0.2) is 0 Å². The van der Waals surface area contributed by atoms with E-state index in [1.165, 1.54) is 29.5 Å². The van der Waals surface area contributed by atoms with Crippen molar-refractivity contribution in [3.05, 3.63) is 41.0 Å². The first-order valence-corrected chi connectivity index (χ1v) is 6.88. The van der Waals surface area contributed by atoms with Gasteiger partial charge in [-0.3, -0.25) is 0 Å². The molecule has 1 heteroatoms. The van der Waals surface area contributed by atoms with Crippen molar-refractivity contribution in [2.24, 2.45) is 0 Å². The van der Waals surface area contributed by atoms with Crippen molar-refractivity contribution >= 4 is 0 Å². The Balaban J connectivity index is 2.75. The van der Waals surface area contributed by atoms with Crippen LogP contribution in [0.25, 0.3) is 0 Å². The zero-order chi connectivity index (χ0) is 13.5. The Labute approximate surface area is 112 Å². The lowest BCUT2D eigenvalue weighted by Crippen LogP contribution is -1.98. The number of rotatable bonds is 6. The van der Waals surface area contributed by atoms with Crippen molar-refractivity contribution in [3.8, 4) is 5.75 Å². The Morgan fingerprint density at radius 1 is 1.39 bits per heavy atom. The Hall–Kier alpha value is -1.24. The lowest BCUT2D eigenvalue weighted by atomic mass is 9.90. The fourth-order valence-corrected chi connectivity index (χ4v) is 2.40. The van der Waals surface area contributed by atoms with Crippen molar-refractivity contribution in [3.63, 3.8) is 0 Å². The molecule has 0 N–H and O–H groups in total. The monoisotopic (exact) mass is 246 g/mol. The van der Waals surface area contributed by atoms with E-state index >= 15 is 0 Å². The molecule has 1 atom stereocenters. The summed E-state index contributed by atoms with van der Waals surface area (Å²) in [6.45, 7) is 8.93. The zero-order valence-corrected chi connectivity index (χ0v) is 12.4. The molecule has 0 aliphatic heterocycles. The average molecular weight is 246 g/mol. The lowest BCUT2D eigenvalue weighted by Gasteiger charge is -2.16. The first-order valence-electron chi connectivity index (χ1n) is 6.88. The maximum absolute atomic E-state index is 5.25. The van der Waals surface area contributed by atoms with E-state index in [-0.39, 0.29) is 0 Å². The molecule has 1 unspecified atom stereocenters. The standard InChI is InChI=1S/C17H26O/c1-6-7-8-13(2)11-14(3)17-10-9-16(18-5)12-15(17)4/h8-10,12,14H,6-7,11H2,1-5H3. The highest BCUT2D eigenvalue weighted by molar-refractivity contribution is 5.37. The molecule has 1 nitrogen and oxygen atoms in total. The number of hydrogen-bond donors (Lipinski definition) is 0. The molecule has 0 fully saturated rings. The number of benzene rings is 1. The third-order valence-corrected chi connectivity index (χ3v) is 3.42. The molecule has 0 aliphatic rings. The van der Waals surface area contributed by atoms with E-state index in [4.69, 9.17) is 4.74 Å². The molecule has 0 aromatic heterocycles. The zero-order valence-electron chi connectivity index (χ0n) is 12.4. The number of unbranched alkanes of at least 4 members (excludes halogenated alkanes) is 1. The van der Waals surface area contributed by atoms with Crippen LogP contribution < -0.4 is 4.74 Å². The molecule has 0 amide bonds. The molecular weight excluding hydrogens is 220 g/mol. The van der Waals surface area contributed by atoms with Gasteiger partial charge < -0.3 is 4.74 Å². The fraction of sp³-hybridized carbons (Fsp3) is 0.529. The molecule has 18 heavy (non-hydrogen) atoms. The minimum absolute atomic E-state index is 0.573. The highest BCUT2D eigenvalue weighted by atomic mass is 16.5. The van der Waals surface area contributed by atoms with Crippen LogP contribution in [0.5, 0.6) is 5.75 Å². The summed E-state index contributed by atoms with van der Waals surface area (Å²) in [6.07, 6.45) is 5.94. The first kappa shape index (κ1) is 14.8. The van der Waals surface area contributed by atoms with Gasteiger partial charge in [-0.2, -0.15) is 0 Å². The SMILES string of the molecule is CCCC=C(C)CC(C)c1ccc(OC)cc1C. The van der Waals surface area contributed by atoms with E-state index in [2.05, 4.69) is 52.0 Å². The van der Waals surface area contributed by atoms with Gasteiger partial charge in [0, 0.05) is 0 Å². The Bertz CT molecular complexity index is 404. The molecule has 0 saturated heterocycles. The summed E-state index contributed by atoms with van der Waals surface area (Å²) in [7, 11) is 1.72. The quantitative estimate of drug-likeness (QED) is 0.623. The van der Waals surface area contributed by atoms with Gasteiger partial charge in [-0.25, -0.2) is 0 Å². The molecule has 1 rings (SSSR count). The van der Waals surface area contributed by atoms with Gasteiger partial charge in [0.1, 0.15) is 5.75 Å². The summed E-state index contributed by atoms with van der Waals surface area (Å²) in [4.78, 5) is 0. The molecule has 0 saturated carbocycles. The highest BCUT2D eigenvalue weighted by Crippen LogP contribution is 2.28. The summed E-state index contributed by atoms with van der Waals surface area (Å²) in [5.41, 5.74) is 4.25. The van der Waals surface area contributed by atoms with Gasteiger partial charge in [0.05, 0.1) is 7.11 Å². The summed E-state index contributed by atoms with van der Waals surface area (Å²) >= 11 is 0. The van der Waals surface area contributed by atoms with Crippen molar-refractivity contribution < 1.29 is 4.74 Å². The maximum Gasteiger partial charge on any atom is 0.119 e. The molecule has 0 heterocycles. The van der Waals surface area contributed by atoms with Crippen LogP contribution >= 0.6 is 0 Å². The first-order chi connectivity index (χ1) is 8.58. The molecule has 1 aromatic rings. The molecule has 0 bridgehead atoms. The van der Waals surface area contributed by atoms with Crippen LogP contribution in [0.3, 0.4) is 0 Å². The van der Waals surface area contributed by atoms with Gasteiger partial charge in [0.2, 0.25) is 0 Å². The van der Waals surface area contributed by atoms with Crippen molar-refractivity contribution in [2.75, 3.05) is 7.11 Å². The molecule has 0 aliphatic carbocycles. The Morgan fingerprint density at radius 2 is 2.11 bits per heavy atom.